The van der Waals surface area contributed by atoms with E-state index in [-0.39, 0.29) is 17.0 Å². The highest BCUT2D eigenvalue weighted by atomic mass is 79.9. The minimum atomic E-state index is 0. The van der Waals surface area contributed by atoms with Crippen LogP contribution in [0.5, 0.6) is 0 Å². The van der Waals surface area contributed by atoms with Crippen LogP contribution in [-0.2, 0) is 6.54 Å². The van der Waals surface area contributed by atoms with E-state index < -0.39 is 0 Å². The lowest BCUT2D eigenvalue weighted by Gasteiger charge is -1.90. The van der Waals surface area contributed by atoms with Gasteiger partial charge in [-0.2, -0.15) is 4.57 Å². The molecule has 0 saturated carbocycles. The number of aryl methyl sites for hydroxylation is 2. The van der Waals surface area contributed by atoms with Crippen molar-refractivity contribution in [2.24, 2.45) is 0 Å². The van der Waals surface area contributed by atoms with E-state index in [0.717, 1.165) is 11.6 Å². The van der Waals surface area contributed by atoms with Gasteiger partial charge in [0.1, 0.15) is 11.2 Å². The molecule has 4 heteroatoms. The quantitative estimate of drug-likeness (QED) is 0.660. The fourth-order valence-electron chi connectivity index (χ4n) is 1.56. The summed E-state index contributed by atoms with van der Waals surface area (Å²) in [6.45, 7) is 5.30. The Morgan fingerprint density at radius 3 is 2.79 bits per heavy atom. The first-order valence-corrected chi connectivity index (χ1v) is 5.50. The molecule has 1 aromatic carbocycles. The molecule has 0 radical (unpaired) electrons. The predicted octanol–water partition coefficient (Wildman–Crippen LogP) is 0.175. The minimum absolute atomic E-state index is 0. The van der Waals surface area contributed by atoms with Crippen molar-refractivity contribution in [3.63, 3.8) is 0 Å². The van der Waals surface area contributed by atoms with Gasteiger partial charge in [-0.15, -0.1) is 0 Å². The Kier molecular flexibility index (Phi) is 3.93. The first kappa shape index (κ1) is 12.0. The molecule has 1 heterocycles. The first-order valence-electron chi connectivity index (χ1n) is 4.31. The monoisotopic (exact) mass is 291 g/mol. The third-order valence-corrected chi connectivity index (χ3v) is 3.48. The molecule has 0 atom stereocenters. The van der Waals surface area contributed by atoms with Crippen LogP contribution in [0.25, 0.3) is 10.2 Å². The van der Waals surface area contributed by atoms with Gasteiger partial charge in [0.2, 0.25) is 10.5 Å². The predicted molar refractivity (Wildman–Crippen MR) is 57.4 cm³/mol. The molecule has 14 heavy (non-hydrogen) atoms. The molecular formula is C10H11BrClNS. The Balaban J connectivity index is 0.000000980. The van der Waals surface area contributed by atoms with Gasteiger partial charge in [-0.1, -0.05) is 22.9 Å². The smallest absolute Gasteiger partial charge is 0.235 e. The number of fused-ring (bicyclic) bond motifs is 1. The van der Waals surface area contributed by atoms with Crippen molar-refractivity contribution in [2.45, 2.75) is 20.4 Å². The summed E-state index contributed by atoms with van der Waals surface area (Å²) in [7, 11) is 0. The maximum absolute atomic E-state index is 5.95. The van der Waals surface area contributed by atoms with Crippen molar-refractivity contribution in [1.82, 2.24) is 0 Å². The van der Waals surface area contributed by atoms with Crippen LogP contribution in [0, 0.1) is 6.92 Å². The van der Waals surface area contributed by atoms with Gasteiger partial charge < -0.3 is 17.0 Å². The molecular weight excluding hydrogens is 282 g/mol. The number of aromatic nitrogens is 1. The lowest BCUT2D eigenvalue weighted by molar-refractivity contribution is -0.669. The summed E-state index contributed by atoms with van der Waals surface area (Å²) in [5, 5.41) is 2.15. The minimum Gasteiger partial charge on any atom is -1.00 e. The van der Waals surface area contributed by atoms with Gasteiger partial charge in [0, 0.05) is 18.0 Å². The van der Waals surface area contributed by atoms with Crippen LogP contribution >= 0.6 is 22.9 Å². The molecule has 76 valence electrons. The molecule has 0 amide bonds. The van der Waals surface area contributed by atoms with E-state index >= 15 is 0 Å². The average molecular weight is 293 g/mol. The van der Waals surface area contributed by atoms with E-state index in [2.05, 4.69) is 24.5 Å². The molecule has 1 aromatic heterocycles. The van der Waals surface area contributed by atoms with Crippen LogP contribution in [0.3, 0.4) is 0 Å². The second-order valence-corrected chi connectivity index (χ2v) is 4.65. The number of thiazole rings is 1. The van der Waals surface area contributed by atoms with E-state index in [4.69, 9.17) is 11.6 Å². The molecule has 0 saturated heterocycles. The Hall–Kier alpha value is -0.120. The van der Waals surface area contributed by atoms with E-state index in [1.54, 1.807) is 0 Å². The standard InChI is InChI=1S/C10H11ClNS.BrH/c1-3-12-7(2)13-10-5-4-8(11)6-9(10)12;/h4-6H,3H2,1-2H3;1H/q+1;/p-1. The number of hydrogen-bond acceptors (Lipinski definition) is 1. The lowest BCUT2D eigenvalue weighted by atomic mass is 10.3. The van der Waals surface area contributed by atoms with Gasteiger partial charge in [-0.3, -0.25) is 0 Å². The highest BCUT2D eigenvalue weighted by Gasteiger charge is 2.14. The van der Waals surface area contributed by atoms with Crippen molar-refractivity contribution in [3.8, 4) is 0 Å². The van der Waals surface area contributed by atoms with Crippen molar-refractivity contribution < 1.29 is 21.5 Å². The van der Waals surface area contributed by atoms with Crippen molar-refractivity contribution >= 4 is 33.2 Å². The van der Waals surface area contributed by atoms with Crippen molar-refractivity contribution in [3.05, 3.63) is 28.2 Å². The van der Waals surface area contributed by atoms with Crippen LogP contribution < -0.4 is 21.5 Å². The van der Waals surface area contributed by atoms with Gasteiger partial charge >= 0.3 is 0 Å². The Bertz CT molecular complexity index is 453. The zero-order valence-corrected chi connectivity index (χ0v) is 11.2. The van der Waals surface area contributed by atoms with Crippen LogP contribution in [0.15, 0.2) is 18.2 Å². The second kappa shape index (κ2) is 4.60. The maximum atomic E-state index is 5.95. The molecule has 0 aliphatic heterocycles. The third kappa shape index (κ3) is 1.95. The molecule has 2 aromatic rings. The fraction of sp³-hybridized carbons (Fsp3) is 0.300. The van der Waals surface area contributed by atoms with Crippen LogP contribution in [0.4, 0.5) is 0 Å². The summed E-state index contributed by atoms with van der Waals surface area (Å²) in [5.41, 5.74) is 1.25. The van der Waals surface area contributed by atoms with Gasteiger partial charge in [0.25, 0.3) is 0 Å². The number of rotatable bonds is 1. The molecule has 0 N–H and O–H groups in total. The zero-order valence-electron chi connectivity index (χ0n) is 8.05. The molecule has 0 aliphatic rings. The van der Waals surface area contributed by atoms with Gasteiger partial charge in [0.05, 0.1) is 0 Å². The average Bonchev–Trinajstić information content (AvgIpc) is 2.40. The molecule has 0 fully saturated rings. The van der Waals surface area contributed by atoms with E-state index in [1.165, 1.54) is 15.2 Å². The molecule has 0 spiro atoms. The molecule has 2 rings (SSSR count). The summed E-state index contributed by atoms with van der Waals surface area (Å²) >= 11 is 7.76. The third-order valence-electron chi connectivity index (χ3n) is 2.17. The molecule has 0 bridgehead atoms. The van der Waals surface area contributed by atoms with Crippen LogP contribution in [0.2, 0.25) is 5.02 Å². The highest BCUT2D eigenvalue weighted by molar-refractivity contribution is 7.18. The van der Waals surface area contributed by atoms with Gasteiger partial charge in [0.15, 0.2) is 0 Å². The molecule has 0 unspecified atom stereocenters. The maximum Gasteiger partial charge on any atom is 0.235 e. The number of halogens is 2. The van der Waals surface area contributed by atoms with Crippen LogP contribution in [0.1, 0.15) is 11.9 Å². The van der Waals surface area contributed by atoms with Gasteiger partial charge in [-0.05, 0) is 19.1 Å². The van der Waals surface area contributed by atoms with Crippen molar-refractivity contribution in [1.29, 1.82) is 0 Å². The lowest BCUT2D eigenvalue weighted by Crippen LogP contribution is -3.00. The molecule has 1 nitrogen and oxygen atoms in total. The molecule has 0 aliphatic carbocycles. The van der Waals surface area contributed by atoms with E-state index in [9.17, 15) is 0 Å². The summed E-state index contributed by atoms with van der Waals surface area (Å²) < 4.78 is 3.59. The second-order valence-electron chi connectivity index (χ2n) is 2.98. The number of nitrogens with zero attached hydrogens (tertiary/aromatic N) is 1. The Labute approximate surface area is 103 Å². The van der Waals surface area contributed by atoms with Gasteiger partial charge in [-0.25, -0.2) is 0 Å². The SMILES string of the molecule is CC[n+]1c(C)sc2ccc(Cl)cc21.[Br-]. The number of hydrogen-bond donors (Lipinski definition) is 0. The normalized spacial score (nSPS) is 10.2. The van der Waals surface area contributed by atoms with E-state index in [0.29, 0.717) is 0 Å². The van der Waals surface area contributed by atoms with Crippen LogP contribution in [-0.4, -0.2) is 0 Å². The summed E-state index contributed by atoms with van der Waals surface area (Å²) in [4.78, 5) is 0. The van der Waals surface area contributed by atoms with E-state index in [1.807, 2.05) is 23.5 Å². The highest BCUT2D eigenvalue weighted by Crippen LogP contribution is 2.22. The number of benzene rings is 1. The summed E-state index contributed by atoms with van der Waals surface area (Å²) in [5.74, 6) is 0. The largest absolute Gasteiger partial charge is 1.00 e. The Morgan fingerprint density at radius 2 is 2.14 bits per heavy atom. The zero-order chi connectivity index (χ0) is 9.42. The summed E-state index contributed by atoms with van der Waals surface area (Å²) in [6, 6.07) is 6.06. The topological polar surface area (TPSA) is 3.88 Å². The summed E-state index contributed by atoms with van der Waals surface area (Å²) in [6.07, 6.45) is 0. The van der Waals surface area contributed by atoms with Crippen molar-refractivity contribution in [2.75, 3.05) is 0 Å². The fourth-order valence-corrected chi connectivity index (χ4v) is 2.80. The Morgan fingerprint density at radius 1 is 1.43 bits per heavy atom. The first-order chi connectivity index (χ1) is 6.22.